The largest absolute Gasteiger partial charge is 0.324 e. The van der Waals surface area contributed by atoms with Crippen molar-refractivity contribution in [2.24, 2.45) is 11.1 Å². The second-order valence-corrected chi connectivity index (χ2v) is 6.72. The van der Waals surface area contributed by atoms with Crippen LogP contribution in [0.25, 0.3) is 0 Å². The minimum atomic E-state index is 0.0986. The van der Waals surface area contributed by atoms with Gasteiger partial charge in [0, 0.05) is 6.04 Å². The lowest BCUT2D eigenvalue weighted by atomic mass is 9.81. The molecule has 0 amide bonds. The van der Waals surface area contributed by atoms with Gasteiger partial charge in [-0.05, 0) is 22.0 Å². The molecule has 2 N–H and O–H groups in total. The molecule has 0 aliphatic heterocycles. The zero-order valence-corrected chi connectivity index (χ0v) is 11.5. The van der Waals surface area contributed by atoms with E-state index in [9.17, 15) is 0 Å². The van der Waals surface area contributed by atoms with Gasteiger partial charge in [0.1, 0.15) is 0 Å². The first-order valence-electron chi connectivity index (χ1n) is 5.98. The molecule has 16 heavy (non-hydrogen) atoms. The van der Waals surface area contributed by atoms with Gasteiger partial charge in [-0.1, -0.05) is 65.8 Å². The summed E-state index contributed by atoms with van der Waals surface area (Å²) >= 11 is 0. The predicted octanol–water partition coefficient (Wildman–Crippen LogP) is 4.03. The van der Waals surface area contributed by atoms with Gasteiger partial charge in [-0.15, -0.1) is 0 Å². The van der Waals surface area contributed by atoms with E-state index in [0.29, 0.717) is 0 Å². The first kappa shape index (κ1) is 13.2. The zero-order valence-electron chi connectivity index (χ0n) is 11.5. The summed E-state index contributed by atoms with van der Waals surface area (Å²) < 4.78 is 0. The van der Waals surface area contributed by atoms with Crippen molar-refractivity contribution in [3.8, 4) is 0 Å². The summed E-state index contributed by atoms with van der Waals surface area (Å²) in [5.41, 5.74) is 9.14. The second kappa shape index (κ2) is 4.21. The van der Waals surface area contributed by atoms with Crippen LogP contribution in [0.3, 0.4) is 0 Å². The molecule has 1 aromatic carbocycles. The van der Waals surface area contributed by atoms with E-state index in [0.717, 1.165) is 0 Å². The fourth-order valence-electron chi connectivity index (χ4n) is 1.69. The van der Waals surface area contributed by atoms with Gasteiger partial charge in [-0.25, -0.2) is 0 Å². The van der Waals surface area contributed by atoms with Crippen molar-refractivity contribution in [3.05, 3.63) is 35.4 Å². The predicted molar refractivity (Wildman–Crippen MR) is 71.5 cm³/mol. The third-order valence-electron chi connectivity index (χ3n) is 3.07. The summed E-state index contributed by atoms with van der Waals surface area (Å²) in [7, 11) is 0. The second-order valence-electron chi connectivity index (χ2n) is 6.72. The van der Waals surface area contributed by atoms with Crippen LogP contribution < -0.4 is 5.73 Å². The first-order valence-corrected chi connectivity index (χ1v) is 5.98. The summed E-state index contributed by atoms with van der Waals surface area (Å²) in [6, 6.07) is 8.82. The maximum Gasteiger partial charge on any atom is 0.0344 e. The first-order chi connectivity index (χ1) is 7.12. The van der Waals surface area contributed by atoms with Crippen LogP contribution in [0, 0.1) is 5.41 Å². The van der Waals surface area contributed by atoms with E-state index >= 15 is 0 Å². The minimum absolute atomic E-state index is 0.0986. The van der Waals surface area contributed by atoms with Crippen molar-refractivity contribution in [1.29, 1.82) is 0 Å². The Labute approximate surface area is 100 Å². The molecular formula is C15H25N. The summed E-state index contributed by atoms with van der Waals surface area (Å²) in [4.78, 5) is 0. The van der Waals surface area contributed by atoms with Crippen molar-refractivity contribution in [2.45, 2.75) is 53.0 Å². The van der Waals surface area contributed by atoms with E-state index in [4.69, 9.17) is 5.73 Å². The molecular weight excluding hydrogens is 194 g/mol. The number of hydrogen-bond donors (Lipinski definition) is 1. The monoisotopic (exact) mass is 219 g/mol. The smallest absolute Gasteiger partial charge is 0.0344 e. The Hall–Kier alpha value is -0.820. The van der Waals surface area contributed by atoms with Crippen LogP contribution in [0.2, 0.25) is 0 Å². The van der Waals surface area contributed by atoms with Gasteiger partial charge in [-0.2, -0.15) is 0 Å². The number of rotatable bonds is 1. The van der Waals surface area contributed by atoms with Crippen LogP contribution in [-0.2, 0) is 5.41 Å². The fraction of sp³-hybridized carbons (Fsp3) is 0.600. The Morgan fingerprint density at radius 1 is 0.875 bits per heavy atom. The van der Waals surface area contributed by atoms with Crippen LogP contribution in [0.4, 0.5) is 0 Å². The molecule has 0 unspecified atom stereocenters. The molecule has 0 aliphatic rings. The molecule has 90 valence electrons. The summed E-state index contributed by atoms with van der Waals surface area (Å²) in [5, 5.41) is 0. The molecule has 0 fully saturated rings. The van der Waals surface area contributed by atoms with Crippen molar-refractivity contribution < 1.29 is 0 Å². The average molecular weight is 219 g/mol. The van der Waals surface area contributed by atoms with Gasteiger partial charge in [-0.3, -0.25) is 0 Å². The van der Waals surface area contributed by atoms with Crippen LogP contribution in [0.5, 0.6) is 0 Å². The number of nitrogens with two attached hydrogens (primary N) is 1. The Kier molecular flexibility index (Phi) is 3.49. The zero-order chi connectivity index (χ0) is 12.6. The summed E-state index contributed by atoms with van der Waals surface area (Å²) in [6.45, 7) is 13.2. The van der Waals surface area contributed by atoms with E-state index in [2.05, 4.69) is 65.8 Å². The summed E-state index contributed by atoms with van der Waals surface area (Å²) in [6.07, 6.45) is 0. The van der Waals surface area contributed by atoms with Gasteiger partial charge in [0.05, 0.1) is 0 Å². The highest BCUT2D eigenvalue weighted by Crippen LogP contribution is 2.31. The Morgan fingerprint density at radius 2 is 1.31 bits per heavy atom. The van der Waals surface area contributed by atoms with E-state index in [1.165, 1.54) is 11.1 Å². The summed E-state index contributed by atoms with van der Waals surface area (Å²) in [5.74, 6) is 0. The molecule has 0 saturated carbocycles. The van der Waals surface area contributed by atoms with Crippen molar-refractivity contribution >= 4 is 0 Å². The van der Waals surface area contributed by atoms with Crippen LogP contribution in [-0.4, -0.2) is 0 Å². The van der Waals surface area contributed by atoms with Crippen molar-refractivity contribution in [1.82, 2.24) is 0 Å². The molecule has 0 aromatic heterocycles. The number of hydrogen-bond acceptors (Lipinski definition) is 1. The highest BCUT2D eigenvalue weighted by atomic mass is 14.7. The molecule has 0 bridgehead atoms. The van der Waals surface area contributed by atoms with E-state index in [1.807, 2.05) is 0 Å². The molecule has 1 atom stereocenters. The van der Waals surface area contributed by atoms with Crippen LogP contribution in [0.1, 0.15) is 58.7 Å². The molecule has 1 nitrogen and oxygen atoms in total. The van der Waals surface area contributed by atoms with Gasteiger partial charge in [0.2, 0.25) is 0 Å². The van der Waals surface area contributed by atoms with Crippen LogP contribution in [0.15, 0.2) is 24.3 Å². The van der Waals surface area contributed by atoms with E-state index in [-0.39, 0.29) is 16.9 Å². The lowest BCUT2D eigenvalue weighted by Gasteiger charge is -2.28. The lowest BCUT2D eigenvalue weighted by Crippen LogP contribution is -2.26. The molecule has 0 spiro atoms. The average Bonchev–Trinajstić information content (AvgIpc) is 2.14. The van der Waals surface area contributed by atoms with Crippen molar-refractivity contribution in [3.63, 3.8) is 0 Å². The third kappa shape index (κ3) is 3.08. The molecule has 1 aromatic rings. The lowest BCUT2D eigenvalue weighted by molar-refractivity contribution is 0.327. The Morgan fingerprint density at radius 3 is 1.62 bits per heavy atom. The van der Waals surface area contributed by atoms with E-state index in [1.54, 1.807) is 0 Å². The normalized spacial score (nSPS) is 14.9. The van der Waals surface area contributed by atoms with Gasteiger partial charge < -0.3 is 5.73 Å². The van der Waals surface area contributed by atoms with Gasteiger partial charge >= 0.3 is 0 Å². The maximum absolute atomic E-state index is 6.23. The standard InChI is InChI=1S/C15H25N/c1-14(2,3)12-9-7-11(8-10-12)13(16)15(4,5)6/h7-10,13H,16H2,1-6H3/t13-/m1/s1. The van der Waals surface area contributed by atoms with Gasteiger partial charge in [0.25, 0.3) is 0 Å². The van der Waals surface area contributed by atoms with Gasteiger partial charge in [0.15, 0.2) is 0 Å². The topological polar surface area (TPSA) is 26.0 Å². The molecule has 0 radical (unpaired) electrons. The van der Waals surface area contributed by atoms with E-state index < -0.39 is 0 Å². The molecule has 1 heteroatoms. The highest BCUT2D eigenvalue weighted by Gasteiger charge is 2.22. The molecule has 0 aliphatic carbocycles. The molecule has 0 heterocycles. The molecule has 1 rings (SSSR count). The van der Waals surface area contributed by atoms with Crippen molar-refractivity contribution in [2.75, 3.05) is 0 Å². The Balaban J connectivity index is 2.96. The number of benzene rings is 1. The van der Waals surface area contributed by atoms with Crippen LogP contribution >= 0.6 is 0 Å². The third-order valence-corrected chi connectivity index (χ3v) is 3.07. The minimum Gasteiger partial charge on any atom is -0.324 e. The Bertz CT molecular complexity index is 335. The molecule has 0 saturated heterocycles. The fourth-order valence-corrected chi connectivity index (χ4v) is 1.69. The SMILES string of the molecule is CC(C)(C)c1ccc([C@@H](N)C(C)(C)C)cc1. The highest BCUT2D eigenvalue weighted by molar-refractivity contribution is 5.29. The quantitative estimate of drug-likeness (QED) is 0.758. The maximum atomic E-state index is 6.23.